The average molecular weight is 271 g/mol. The van der Waals surface area contributed by atoms with Gasteiger partial charge in [-0.05, 0) is 36.0 Å². The fourth-order valence-corrected chi connectivity index (χ4v) is 2.37. The van der Waals surface area contributed by atoms with Crippen molar-refractivity contribution < 1.29 is 4.74 Å². The Kier molecular flexibility index (Phi) is 5.16. The topological polar surface area (TPSA) is 9.23 Å². The van der Waals surface area contributed by atoms with Gasteiger partial charge in [-0.2, -0.15) is 0 Å². The predicted octanol–water partition coefficient (Wildman–Crippen LogP) is 4.22. The van der Waals surface area contributed by atoms with Crippen molar-refractivity contribution in [3.05, 3.63) is 29.8 Å². The zero-order chi connectivity index (χ0) is 11.3. The fraction of sp³-hybridized carbons (Fsp3) is 0.538. The minimum absolute atomic E-state index is 0.607. The van der Waals surface area contributed by atoms with E-state index in [0.717, 1.165) is 17.0 Å². The van der Waals surface area contributed by atoms with E-state index in [1.54, 1.807) is 7.11 Å². The highest BCUT2D eigenvalue weighted by Gasteiger charge is 2.11. The monoisotopic (exact) mass is 270 g/mol. The van der Waals surface area contributed by atoms with E-state index in [9.17, 15) is 0 Å². The number of rotatable bonds is 5. The summed E-state index contributed by atoms with van der Waals surface area (Å²) < 4.78 is 5.15. The lowest BCUT2D eigenvalue weighted by molar-refractivity contribution is 0.414. The van der Waals surface area contributed by atoms with Gasteiger partial charge in [0, 0.05) is 5.33 Å². The molecule has 0 amide bonds. The molecule has 2 heteroatoms. The van der Waals surface area contributed by atoms with E-state index in [-0.39, 0.29) is 0 Å². The summed E-state index contributed by atoms with van der Waals surface area (Å²) in [5, 5.41) is 1.03. The van der Waals surface area contributed by atoms with Crippen LogP contribution in [0.3, 0.4) is 0 Å². The molecule has 1 nitrogen and oxygen atoms in total. The van der Waals surface area contributed by atoms with E-state index in [1.165, 1.54) is 12.0 Å². The minimum Gasteiger partial charge on any atom is -0.497 e. The minimum atomic E-state index is 0.607. The summed E-state index contributed by atoms with van der Waals surface area (Å²) in [6.07, 6.45) is 1.22. The molecule has 0 aliphatic heterocycles. The molecule has 1 unspecified atom stereocenters. The molecule has 0 saturated heterocycles. The summed E-state index contributed by atoms with van der Waals surface area (Å²) in [7, 11) is 1.70. The average Bonchev–Trinajstić information content (AvgIpc) is 2.26. The Morgan fingerprint density at radius 2 is 1.80 bits per heavy atom. The van der Waals surface area contributed by atoms with Crippen LogP contribution < -0.4 is 4.74 Å². The second-order valence-corrected chi connectivity index (χ2v) is 4.90. The summed E-state index contributed by atoms with van der Waals surface area (Å²) in [5.41, 5.74) is 1.39. The first kappa shape index (κ1) is 12.6. The van der Waals surface area contributed by atoms with Crippen LogP contribution in [-0.4, -0.2) is 12.4 Å². The molecular weight excluding hydrogens is 252 g/mol. The third-order valence-corrected chi connectivity index (χ3v) is 3.31. The van der Waals surface area contributed by atoms with Crippen molar-refractivity contribution >= 4 is 15.9 Å². The number of hydrogen-bond acceptors (Lipinski definition) is 1. The Morgan fingerprint density at radius 1 is 1.20 bits per heavy atom. The third-order valence-electron chi connectivity index (χ3n) is 2.53. The van der Waals surface area contributed by atoms with Crippen LogP contribution in [0, 0.1) is 5.92 Å². The molecule has 1 atom stereocenters. The van der Waals surface area contributed by atoms with E-state index >= 15 is 0 Å². The van der Waals surface area contributed by atoms with Crippen LogP contribution in [0.15, 0.2) is 24.3 Å². The molecule has 0 spiro atoms. The smallest absolute Gasteiger partial charge is 0.118 e. The summed E-state index contributed by atoms with van der Waals surface area (Å²) in [6, 6.07) is 8.39. The Balaban J connectivity index is 2.74. The molecule has 0 fully saturated rings. The van der Waals surface area contributed by atoms with Crippen molar-refractivity contribution in [3.63, 3.8) is 0 Å². The van der Waals surface area contributed by atoms with Gasteiger partial charge in [0.1, 0.15) is 5.75 Å². The molecule has 15 heavy (non-hydrogen) atoms. The molecule has 0 aromatic heterocycles. The third kappa shape index (κ3) is 3.86. The molecule has 0 N–H and O–H groups in total. The first-order valence-corrected chi connectivity index (χ1v) is 6.49. The maximum atomic E-state index is 5.15. The van der Waals surface area contributed by atoms with Crippen LogP contribution in [-0.2, 0) is 0 Å². The highest BCUT2D eigenvalue weighted by Crippen LogP contribution is 2.27. The van der Waals surface area contributed by atoms with Gasteiger partial charge in [-0.1, -0.05) is 41.9 Å². The molecule has 0 aliphatic rings. The van der Waals surface area contributed by atoms with Crippen molar-refractivity contribution in [3.8, 4) is 5.75 Å². The number of hydrogen-bond donors (Lipinski definition) is 0. The van der Waals surface area contributed by atoms with Crippen molar-refractivity contribution in [1.29, 1.82) is 0 Å². The van der Waals surface area contributed by atoms with Crippen LogP contribution in [0.2, 0.25) is 0 Å². The highest BCUT2D eigenvalue weighted by atomic mass is 79.9. The van der Waals surface area contributed by atoms with Gasteiger partial charge in [-0.3, -0.25) is 0 Å². The molecule has 1 aromatic rings. The van der Waals surface area contributed by atoms with E-state index in [2.05, 4.69) is 41.9 Å². The molecule has 0 saturated carbocycles. The van der Waals surface area contributed by atoms with Gasteiger partial charge in [-0.15, -0.1) is 0 Å². The van der Waals surface area contributed by atoms with Gasteiger partial charge in [0.2, 0.25) is 0 Å². The summed E-state index contributed by atoms with van der Waals surface area (Å²) in [4.78, 5) is 0. The van der Waals surface area contributed by atoms with Crippen LogP contribution in [0.5, 0.6) is 5.75 Å². The first-order valence-electron chi connectivity index (χ1n) is 5.37. The number of halogens is 1. The van der Waals surface area contributed by atoms with Gasteiger partial charge in [0.15, 0.2) is 0 Å². The zero-order valence-electron chi connectivity index (χ0n) is 9.66. The predicted molar refractivity (Wildman–Crippen MR) is 69.0 cm³/mol. The quantitative estimate of drug-likeness (QED) is 0.728. The van der Waals surface area contributed by atoms with Gasteiger partial charge in [-0.25, -0.2) is 0 Å². The summed E-state index contributed by atoms with van der Waals surface area (Å²) in [6.45, 7) is 4.53. The largest absolute Gasteiger partial charge is 0.497 e. The Bertz CT molecular complexity index is 279. The van der Waals surface area contributed by atoms with Gasteiger partial charge < -0.3 is 4.74 Å². The molecule has 0 heterocycles. The van der Waals surface area contributed by atoms with Crippen LogP contribution in [0.4, 0.5) is 0 Å². The number of ether oxygens (including phenoxy) is 1. The van der Waals surface area contributed by atoms with E-state index in [4.69, 9.17) is 4.74 Å². The van der Waals surface area contributed by atoms with E-state index in [1.807, 2.05) is 12.1 Å². The molecule has 84 valence electrons. The highest BCUT2D eigenvalue weighted by molar-refractivity contribution is 9.09. The summed E-state index contributed by atoms with van der Waals surface area (Å²) >= 11 is 3.59. The van der Waals surface area contributed by atoms with Gasteiger partial charge >= 0.3 is 0 Å². The van der Waals surface area contributed by atoms with Crippen LogP contribution in [0.1, 0.15) is 31.7 Å². The summed E-state index contributed by atoms with van der Waals surface area (Å²) in [5.74, 6) is 2.27. The number of alkyl halides is 1. The number of methoxy groups -OCH3 is 1. The lowest BCUT2D eigenvalue weighted by Crippen LogP contribution is -2.04. The van der Waals surface area contributed by atoms with Crippen molar-refractivity contribution in [2.24, 2.45) is 5.92 Å². The molecule has 0 aliphatic carbocycles. The Morgan fingerprint density at radius 3 is 2.20 bits per heavy atom. The number of benzene rings is 1. The van der Waals surface area contributed by atoms with Gasteiger partial charge in [0.05, 0.1) is 7.11 Å². The van der Waals surface area contributed by atoms with E-state index < -0.39 is 0 Å². The van der Waals surface area contributed by atoms with E-state index in [0.29, 0.717) is 5.92 Å². The maximum absolute atomic E-state index is 5.15. The maximum Gasteiger partial charge on any atom is 0.118 e. The van der Waals surface area contributed by atoms with Gasteiger partial charge in [0.25, 0.3) is 0 Å². The second kappa shape index (κ2) is 6.16. The van der Waals surface area contributed by atoms with Crippen molar-refractivity contribution in [2.45, 2.75) is 26.2 Å². The fourth-order valence-electron chi connectivity index (χ4n) is 1.73. The van der Waals surface area contributed by atoms with Crippen molar-refractivity contribution in [2.75, 3.05) is 12.4 Å². The molecule has 1 rings (SSSR count). The lowest BCUT2D eigenvalue weighted by atomic mass is 9.92. The standard InChI is InChI=1S/C13H19BrO/c1-10(2)8-12(9-14)11-4-6-13(15-3)7-5-11/h4-7,10,12H,8-9H2,1-3H3. The molecule has 1 aromatic carbocycles. The normalized spacial score (nSPS) is 12.9. The zero-order valence-corrected chi connectivity index (χ0v) is 11.3. The van der Waals surface area contributed by atoms with Crippen molar-refractivity contribution in [1.82, 2.24) is 0 Å². The SMILES string of the molecule is COc1ccc(C(CBr)CC(C)C)cc1. The van der Waals surface area contributed by atoms with Crippen LogP contribution >= 0.6 is 15.9 Å². The Hall–Kier alpha value is -0.500. The molecular formula is C13H19BrO. The second-order valence-electron chi connectivity index (χ2n) is 4.25. The first-order chi connectivity index (χ1) is 7.17. The Labute approximate surface area is 101 Å². The molecule has 0 bridgehead atoms. The molecule has 0 radical (unpaired) electrons. The lowest BCUT2D eigenvalue weighted by Gasteiger charge is -2.17. The van der Waals surface area contributed by atoms with Crippen LogP contribution in [0.25, 0.3) is 0 Å².